The summed E-state index contributed by atoms with van der Waals surface area (Å²) in [5.74, 6) is 0. The van der Waals surface area contributed by atoms with Gasteiger partial charge in [0, 0.05) is 18.8 Å². The van der Waals surface area contributed by atoms with Crippen LogP contribution in [0.2, 0.25) is 0 Å². The van der Waals surface area contributed by atoms with Crippen LogP contribution in [-0.4, -0.2) is 29.7 Å². The summed E-state index contributed by atoms with van der Waals surface area (Å²) in [7, 11) is 0. The van der Waals surface area contributed by atoms with Crippen molar-refractivity contribution in [1.29, 1.82) is 0 Å². The minimum atomic E-state index is 0.130. The Morgan fingerprint density at radius 1 is 1.67 bits per heavy atom. The van der Waals surface area contributed by atoms with E-state index in [9.17, 15) is 0 Å². The molecule has 0 amide bonds. The van der Waals surface area contributed by atoms with Crippen molar-refractivity contribution in [2.24, 2.45) is 0 Å². The first-order valence-corrected chi connectivity index (χ1v) is 4.20. The largest absolute Gasteiger partial charge is 0.369 e. The van der Waals surface area contributed by atoms with Gasteiger partial charge in [0.15, 0.2) is 0 Å². The minimum absolute atomic E-state index is 0.130. The summed E-state index contributed by atoms with van der Waals surface area (Å²) < 4.78 is 5.56. The van der Waals surface area contributed by atoms with E-state index in [-0.39, 0.29) is 6.10 Å². The third kappa shape index (κ3) is 1.35. The molecule has 66 valence electrons. The Morgan fingerprint density at radius 3 is 3.17 bits per heavy atom. The van der Waals surface area contributed by atoms with E-state index in [1.54, 1.807) is 6.33 Å². The normalized spacial score (nSPS) is 24.2. The molecule has 12 heavy (non-hydrogen) atoms. The molecule has 0 radical (unpaired) electrons. The number of hydrogen-bond donors (Lipinski definition) is 2. The van der Waals surface area contributed by atoms with Gasteiger partial charge in [-0.25, -0.2) is 4.98 Å². The Hall–Kier alpha value is -0.870. The van der Waals surface area contributed by atoms with Crippen molar-refractivity contribution in [2.75, 3.05) is 19.7 Å². The SMILES string of the molecule is Cc1[nH]cnc1C1CNCCO1. The molecule has 4 nitrogen and oxygen atoms in total. The van der Waals surface area contributed by atoms with E-state index < -0.39 is 0 Å². The molecule has 1 aromatic heterocycles. The molecule has 1 atom stereocenters. The monoisotopic (exact) mass is 167 g/mol. The number of morpholine rings is 1. The zero-order chi connectivity index (χ0) is 8.39. The van der Waals surface area contributed by atoms with Gasteiger partial charge in [0.25, 0.3) is 0 Å². The maximum Gasteiger partial charge on any atom is 0.114 e. The molecule has 2 rings (SSSR count). The molecule has 1 fully saturated rings. The van der Waals surface area contributed by atoms with Crippen LogP contribution in [0.3, 0.4) is 0 Å². The predicted molar refractivity (Wildman–Crippen MR) is 44.9 cm³/mol. The van der Waals surface area contributed by atoms with Crippen LogP contribution in [0.1, 0.15) is 17.5 Å². The summed E-state index contributed by atoms with van der Waals surface area (Å²) >= 11 is 0. The number of imidazole rings is 1. The molecular weight excluding hydrogens is 154 g/mol. The summed E-state index contributed by atoms with van der Waals surface area (Å²) in [6, 6.07) is 0. The highest BCUT2D eigenvalue weighted by Crippen LogP contribution is 2.18. The summed E-state index contributed by atoms with van der Waals surface area (Å²) in [5, 5.41) is 3.27. The van der Waals surface area contributed by atoms with E-state index in [0.717, 1.165) is 31.1 Å². The highest BCUT2D eigenvalue weighted by Gasteiger charge is 2.19. The van der Waals surface area contributed by atoms with Crippen molar-refractivity contribution in [3.05, 3.63) is 17.7 Å². The maximum atomic E-state index is 5.56. The number of aryl methyl sites for hydroxylation is 1. The summed E-state index contributed by atoms with van der Waals surface area (Å²) in [6.07, 6.45) is 1.84. The summed E-state index contributed by atoms with van der Waals surface area (Å²) in [4.78, 5) is 7.27. The van der Waals surface area contributed by atoms with Crippen molar-refractivity contribution < 1.29 is 4.74 Å². The van der Waals surface area contributed by atoms with Gasteiger partial charge in [-0.15, -0.1) is 0 Å². The second-order valence-electron chi connectivity index (χ2n) is 2.98. The predicted octanol–water partition coefficient (Wildman–Crippen LogP) is 0.379. The smallest absolute Gasteiger partial charge is 0.114 e. The second-order valence-corrected chi connectivity index (χ2v) is 2.98. The highest BCUT2D eigenvalue weighted by atomic mass is 16.5. The van der Waals surface area contributed by atoms with Gasteiger partial charge < -0.3 is 15.0 Å². The number of nitrogens with zero attached hydrogens (tertiary/aromatic N) is 1. The zero-order valence-electron chi connectivity index (χ0n) is 7.13. The van der Waals surface area contributed by atoms with E-state index in [1.165, 1.54) is 0 Å². The van der Waals surface area contributed by atoms with Crippen LogP contribution in [0.5, 0.6) is 0 Å². The third-order valence-corrected chi connectivity index (χ3v) is 2.10. The van der Waals surface area contributed by atoms with Gasteiger partial charge in [-0.2, -0.15) is 0 Å². The lowest BCUT2D eigenvalue weighted by atomic mass is 10.2. The topological polar surface area (TPSA) is 49.9 Å². The van der Waals surface area contributed by atoms with E-state index in [0.29, 0.717) is 0 Å². The van der Waals surface area contributed by atoms with Crippen LogP contribution in [0, 0.1) is 6.92 Å². The number of aromatic nitrogens is 2. The molecule has 0 aromatic carbocycles. The fourth-order valence-corrected chi connectivity index (χ4v) is 1.44. The molecule has 4 heteroatoms. The Bertz CT molecular complexity index is 253. The Morgan fingerprint density at radius 2 is 2.58 bits per heavy atom. The van der Waals surface area contributed by atoms with E-state index in [1.807, 2.05) is 6.92 Å². The van der Waals surface area contributed by atoms with Gasteiger partial charge in [-0.05, 0) is 6.92 Å². The quantitative estimate of drug-likeness (QED) is 0.635. The number of nitrogens with one attached hydrogen (secondary N) is 2. The third-order valence-electron chi connectivity index (χ3n) is 2.10. The molecule has 0 bridgehead atoms. The van der Waals surface area contributed by atoms with Gasteiger partial charge in [0.2, 0.25) is 0 Å². The molecule has 0 saturated carbocycles. The van der Waals surface area contributed by atoms with Crippen LogP contribution in [0.15, 0.2) is 6.33 Å². The van der Waals surface area contributed by atoms with Crippen molar-refractivity contribution in [1.82, 2.24) is 15.3 Å². The fraction of sp³-hybridized carbons (Fsp3) is 0.625. The van der Waals surface area contributed by atoms with Crippen molar-refractivity contribution in [3.63, 3.8) is 0 Å². The average Bonchev–Trinajstić information content (AvgIpc) is 2.53. The molecule has 2 N–H and O–H groups in total. The minimum Gasteiger partial charge on any atom is -0.369 e. The van der Waals surface area contributed by atoms with Crippen LogP contribution < -0.4 is 5.32 Å². The van der Waals surface area contributed by atoms with E-state index >= 15 is 0 Å². The van der Waals surface area contributed by atoms with Crippen LogP contribution >= 0.6 is 0 Å². The number of aromatic amines is 1. The molecule has 1 aliphatic rings. The first-order valence-electron chi connectivity index (χ1n) is 4.20. The molecule has 1 aliphatic heterocycles. The first kappa shape index (κ1) is 7.76. The van der Waals surface area contributed by atoms with Crippen molar-refractivity contribution >= 4 is 0 Å². The number of hydrogen-bond acceptors (Lipinski definition) is 3. The Labute approximate surface area is 71.3 Å². The Balaban J connectivity index is 2.13. The van der Waals surface area contributed by atoms with Gasteiger partial charge in [-0.1, -0.05) is 0 Å². The van der Waals surface area contributed by atoms with Gasteiger partial charge in [0.1, 0.15) is 6.10 Å². The number of H-pyrrole nitrogens is 1. The average molecular weight is 167 g/mol. The maximum absolute atomic E-state index is 5.56. The molecule has 1 saturated heterocycles. The van der Waals surface area contributed by atoms with E-state index in [2.05, 4.69) is 15.3 Å². The number of rotatable bonds is 1. The molecule has 0 spiro atoms. The lowest BCUT2D eigenvalue weighted by Gasteiger charge is -2.22. The fourth-order valence-electron chi connectivity index (χ4n) is 1.44. The van der Waals surface area contributed by atoms with Gasteiger partial charge in [0.05, 0.1) is 18.6 Å². The second kappa shape index (κ2) is 3.25. The molecule has 1 unspecified atom stereocenters. The van der Waals surface area contributed by atoms with E-state index in [4.69, 9.17) is 4.74 Å². The highest BCUT2D eigenvalue weighted by molar-refractivity contribution is 5.12. The van der Waals surface area contributed by atoms with Crippen molar-refractivity contribution in [3.8, 4) is 0 Å². The number of ether oxygens (including phenoxy) is 1. The van der Waals surface area contributed by atoms with Gasteiger partial charge >= 0.3 is 0 Å². The van der Waals surface area contributed by atoms with Crippen LogP contribution in [-0.2, 0) is 4.74 Å². The molecule has 0 aliphatic carbocycles. The standard InChI is InChI=1S/C8H13N3O/c1-6-8(11-5-10-6)7-4-9-2-3-12-7/h5,7,9H,2-4H2,1H3,(H,10,11). The lowest BCUT2D eigenvalue weighted by molar-refractivity contribution is 0.0249. The van der Waals surface area contributed by atoms with Crippen LogP contribution in [0.4, 0.5) is 0 Å². The van der Waals surface area contributed by atoms with Crippen LogP contribution in [0.25, 0.3) is 0 Å². The first-order chi connectivity index (χ1) is 5.88. The Kier molecular flexibility index (Phi) is 2.10. The van der Waals surface area contributed by atoms with Gasteiger partial charge in [-0.3, -0.25) is 0 Å². The summed E-state index contributed by atoms with van der Waals surface area (Å²) in [5.41, 5.74) is 2.13. The van der Waals surface area contributed by atoms with Crippen molar-refractivity contribution in [2.45, 2.75) is 13.0 Å². The molecule has 2 heterocycles. The molecular formula is C8H13N3O. The molecule has 1 aromatic rings. The zero-order valence-corrected chi connectivity index (χ0v) is 7.13. The lowest BCUT2D eigenvalue weighted by Crippen LogP contribution is -2.33. The summed E-state index contributed by atoms with van der Waals surface area (Å²) in [6.45, 7) is 4.60.